The van der Waals surface area contributed by atoms with Crippen molar-refractivity contribution in [3.8, 4) is 39.9 Å². The third-order valence-electron chi connectivity index (χ3n) is 5.10. The lowest BCUT2D eigenvalue weighted by molar-refractivity contribution is 0.0693. The van der Waals surface area contributed by atoms with Crippen LogP contribution in [-0.2, 0) is 6.61 Å². The molecule has 1 aliphatic heterocycles. The molecule has 8 nitrogen and oxygen atoms in total. The number of rotatable bonds is 6. The van der Waals surface area contributed by atoms with Crippen molar-refractivity contribution < 1.29 is 38.7 Å². The molecular formula is C22H20O8. The van der Waals surface area contributed by atoms with Gasteiger partial charge in [0, 0.05) is 16.5 Å². The van der Waals surface area contributed by atoms with Gasteiger partial charge in [0.1, 0.15) is 5.75 Å². The van der Waals surface area contributed by atoms with Gasteiger partial charge in [-0.05, 0) is 35.2 Å². The molecule has 0 unspecified atom stereocenters. The van der Waals surface area contributed by atoms with Gasteiger partial charge in [0.2, 0.25) is 6.79 Å². The fourth-order valence-corrected chi connectivity index (χ4v) is 3.81. The summed E-state index contributed by atoms with van der Waals surface area (Å²) < 4.78 is 27.2. The number of hydrogen-bond donors (Lipinski definition) is 2. The molecule has 8 heteroatoms. The molecule has 1 aliphatic rings. The Morgan fingerprint density at radius 3 is 2.23 bits per heavy atom. The Labute approximate surface area is 172 Å². The lowest BCUT2D eigenvalue weighted by Gasteiger charge is -2.20. The van der Waals surface area contributed by atoms with Crippen LogP contribution in [0.2, 0.25) is 0 Å². The van der Waals surface area contributed by atoms with Crippen LogP contribution < -0.4 is 23.7 Å². The van der Waals surface area contributed by atoms with Crippen molar-refractivity contribution in [1.82, 2.24) is 0 Å². The van der Waals surface area contributed by atoms with E-state index >= 15 is 0 Å². The monoisotopic (exact) mass is 412 g/mol. The number of carboxylic acids is 1. The molecule has 3 aromatic carbocycles. The van der Waals surface area contributed by atoms with Gasteiger partial charge in [-0.2, -0.15) is 0 Å². The Balaban J connectivity index is 2.18. The van der Waals surface area contributed by atoms with Crippen LogP contribution in [0.5, 0.6) is 28.7 Å². The van der Waals surface area contributed by atoms with E-state index in [0.29, 0.717) is 44.9 Å². The first-order chi connectivity index (χ1) is 14.5. The summed E-state index contributed by atoms with van der Waals surface area (Å²) in [5.74, 6) is 1.04. The highest BCUT2D eigenvalue weighted by molar-refractivity contribution is 6.12. The van der Waals surface area contributed by atoms with E-state index in [0.717, 1.165) is 0 Å². The van der Waals surface area contributed by atoms with E-state index in [1.165, 1.54) is 21.3 Å². The van der Waals surface area contributed by atoms with Crippen LogP contribution in [0.1, 0.15) is 15.9 Å². The molecule has 156 valence electrons. The molecule has 0 saturated heterocycles. The van der Waals surface area contributed by atoms with E-state index in [9.17, 15) is 15.0 Å². The zero-order chi connectivity index (χ0) is 21.4. The second-order valence-electron chi connectivity index (χ2n) is 6.55. The predicted octanol–water partition coefficient (Wildman–Crippen LogP) is 3.45. The predicted molar refractivity (Wildman–Crippen MR) is 108 cm³/mol. The molecule has 1 heterocycles. The van der Waals surface area contributed by atoms with Crippen molar-refractivity contribution in [3.63, 3.8) is 0 Å². The SMILES string of the molecule is COc1cc2c(OC)c(CO)c(C(=O)O)c(-c3ccc4c(c3)OCO4)c2cc1OC. The van der Waals surface area contributed by atoms with Crippen LogP contribution in [0.3, 0.4) is 0 Å². The maximum absolute atomic E-state index is 12.3. The fourth-order valence-electron chi connectivity index (χ4n) is 3.81. The molecule has 0 aromatic heterocycles. The van der Waals surface area contributed by atoms with E-state index in [4.69, 9.17) is 23.7 Å². The average Bonchev–Trinajstić information content (AvgIpc) is 3.23. The Bertz CT molecular complexity index is 1150. The van der Waals surface area contributed by atoms with Gasteiger partial charge >= 0.3 is 5.97 Å². The number of carboxylic acid groups (broad SMARTS) is 1. The number of hydrogen-bond acceptors (Lipinski definition) is 7. The van der Waals surface area contributed by atoms with Crippen molar-refractivity contribution in [2.45, 2.75) is 6.61 Å². The van der Waals surface area contributed by atoms with Gasteiger partial charge in [-0.1, -0.05) is 6.07 Å². The van der Waals surface area contributed by atoms with Gasteiger partial charge in [0.25, 0.3) is 0 Å². The van der Waals surface area contributed by atoms with Gasteiger partial charge in [0.05, 0.1) is 33.5 Å². The number of aliphatic hydroxyl groups is 1. The third kappa shape index (κ3) is 2.93. The molecule has 0 spiro atoms. The molecular weight excluding hydrogens is 392 g/mol. The first kappa shape index (κ1) is 19.7. The van der Waals surface area contributed by atoms with Crippen LogP contribution in [-0.4, -0.2) is 44.3 Å². The second-order valence-corrected chi connectivity index (χ2v) is 6.55. The van der Waals surface area contributed by atoms with Crippen molar-refractivity contribution in [2.24, 2.45) is 0 Å². The number of benzene rings is 3. The Morgan fingerprint density at radius 2 is 1.63 bits per heavy atom. The minimum Gasteiger partial charge on any atom is -0.496 e. The zero-order valence-corrected chi connectivity index (χ0v) is 16.6. The second kappa shape index (κ2) is 7.64. The smallest absolute Gasteiger partial charge is 0.336 e. The van der Waals surface area contributed by atoms with E-state index in [2.05, 4.69) is 0 Å². The lowest BCUT2D eigenvalue weighted by Crippen LogP contribution is -2.09. The molecule has 2 N–H and O–H groups in total. The summed E-state index contributed by atoms with van der Waals surface area (Å²) in [6, 6.07) is 8.59. The van der Waals surface area contributed by atoms with Crippen LogP contribution >= 0.6 is 0 Å². The largest absolute Gasteiger partial charge is 0.496 e. The van der Waals surface area contributed by atoms with Gasteiger partial charge in [-0.15, -0.1) is 0 Å². The van der Waals surface area contributed by atoms with Gasteiger partial charge in [0.15, 0.2) is 23.0 Å². The van der Waals surface area contributed by atoms with Crippen molar-refractivity contribution >= 4 is 16.7 Å². The first-order valence-corrected chi connectivity index (χ1v) is 9.06. The highest BCUT2D eigenvalue weighted by atomic mass is 16.7. The van der Waals surface area contributed by atoms with E-state index in [1.807, 2.05) is 0 Å². The molecule has 3 aromatic rings. The fraction of sp³-hybridized carbons (Fsp3) is 0.227. The standard InChI is InChI=1S/C22H20O8/c1-26-16-7-12-13(8-17(16)27-2)21(28-3)14(9-23)20(22(24)25)19(12)11-4-5-15-18(6-11)30-10-29-15/h4-8,23H,9-10H2,1-3H3,(H,24,25). The molecule has 30 heavy (non-hydrogen) atoms. The molecule has 0 fully saturated rings. The summed E-state index contributed by atoms with van der Waals surface area (Å²) in [5, 5.41) is 21.3. The summed E-state index contributed by atoms with van der Waals surface area (Å²) in [7, 11) is 4.44. The maximum Gasteiger partial charge on any atom is 0.336 e. The molecule has 0 radical (unpaired) electrons. The summed E-state index contributed by atoms with van der Waals surface area (Å²) in [4.78, 5) is 12.3. The van der Waals surface area contributed by atoms with E-state index < -0.39 is 12.6 Å². The number of carbonyl (C=O) groups is 1. The molecule has 0 bridgehead atoms. The Kier molecular flexibility index (Phi) is 5.01. The van der Waals surface area contributed by atoms with Crippen molar-refractivity contribution in [1.29, 1.82) is 0 Å². The minimum absolute atomic E-state index is 0.0621. The summed E-state index contributed by atoms with van der Waals surface area (Å²) in [6.07, 6.45) is 0. The lowest BCUT2D eigenvalue weighted by atomic mass is 9.88. The van der Waals surface area contributed by atoms with Crippen LogP contribution in [0.4, 0.5) is 0 Å². The number of aliphatic hydroxyl groups excluding tert-OH is 1. The van der Waals surface area contributed by atoms with Gasteiger partial charge in [-0.25, -0.2) is 4.79 Å². The van der Waals surface area contributed by atoms with Crippen LogP contribution in [0.15, 0.2) is 30.3 Å². The normalized spacial score (nSPS) is 12.1. The zero-order valence-electron chi connectivity index (χ0n) is 16.6. The van der Waals surface area contributed by atoms with Crippen molar-refractivity contribution in [3.05, 3.63) is 41.5 Å². The number of methoxy groups -OCH3 is 3. The maximum atomic E-state index is 12.3. The first-order valence-electron chi connectivity index (χ1n) is 9.06. The van der Waals surface area contributed by atoms with Crippen molar-refractivity contribution in [2.75, 3.05) is 28.1 Å². The molecule has 0 amide bonds. The molecule has 0 aliphatic carbocycles. The highest BCUT2D eigenvalue weighted by Gasteiger charge is 2.27. The minimum atomic E-state index is -1.19. The van der Waals surface area contributed by atoms with E-state index in [1.54, 1.807) is 30.3 Å². The van der Waals surface area contributed by atoms with Gasteiger partial charge < -0.3 is 33.9 Å². The molecule has 4 rings (SSSR count). The summed E-state index contributed by atoms with van der Waals surface area (Å²) in [6.45, 7) is -0.423. The van der Waals surface area contributed by atoms with E-state index in [-0.39, 0.29) is 23.7 Å². The molecule has 0 atom stereocenters. The third-order valence-corrected chi connectivity index (χ3v) is 5.10. The number of fused-ring (bicyclic) bond motifs is 2. The Morgan fingerprint density at radius 1 is 0.967 bits per heavy atom. The molecule has 0 saturated carbocycles. The topological polar surface area (TPSA) is 104 Å². The highest BCUT2D eigenvalue weighted by Crippen LogP contribution is 2.47. The van der Waals surface area contributed by atoms with Gasteiger partial charge in [-0.3, -0.25) is 0 Å². The van der Waals surface area contributed by atoms with Crippen LogP contribution in [0.25, 0.3) is 21.9 Å². The Hall–Kier alpha value is -3.65. The summed E-state index contributed by atoms with van der Waals surface area (Å²) >= 11 is 0. The average molecular weight is 412 g/mol. The van der Waals surface area contributed by atoms with Crippen LogP contribution in [0, 0.1) is 0 Å². The quantitative estimate of drug-likeness (QED) is 0.635. The number of ether oxygens (including phenoxy) is 5. The summed E-state index contributed by atoms with van der Waals surface area (Å²) in [5.41, 5.74) is 1.10. The number of aromatic carboxylic acids is 1.